The highest BCUT2D eigenvalue weighted by Gasteiger charge is 2.36. The fourth-order valence-electron chi connectivity index (χ4n) is 2.87. The summed E-state index contributed by atoms with van der Waals surface area (Å²) >= 11 is 12.1. The zero-order chi connectivity index (χ0) is 18.1. The number of quaternary nitrogens is 1. The summed E-state index contributed by atoms with van der Waals surface area (Å²) in [5.74, 6) is 0.0375. The Balaban J connectivity index is 2.13. The van der Waals surface area contributed by atoms with E-state index in [1.807, 2.05) is 6.92 Å². The van der Waals surface area contributed by atoms with E-state index in [2.05, 4.69) is 0 Å². The summed E-state index contributed by atoms with van der Waals surface area (Å²) in [5, 5.41) is 0.238. The van der Waals surface area contributed by atoms with E-state index in [1.54, 1.807) is 25.1 Å². The van der Waals surface area contributed by atoms with E-state index in [9.17, 15) is 13.2 Å². The number of likely N-dealkylation sites (N-methyl/N-ethyl adjacent to an activating group) is 1. The highest BCUT2D eigenvalue weighted by Crippen LogP contribution is 2.31. The molecule has 1 aliphatic heterocycles. The average molecular weight is 395 g/mol. The van der Waals surface area contributed by atoms with Crippen molar-refractivity contribution in [2.75, 3.05) is 40.3 Å². The maximum atomic E-state index is 12.8. The van der Waals surface area contributed by atoms with E-state index in [1.165, 1.54) is 16.4 Å². The highest BCUT2D eigenvalue weighted by molar-refractivity contribution is 7.89. The molecule has 0 spiro atoms. The van der Waals surface area contributed by atoms with E-state index in [0.29, 0.717) is 26.2 Å². The molecular weight excluding hydrogens is 373 g/mol. The Bertz CT molecular complexity index is 696. The second-order valence-corrected chi connectivity index (χ2v) is 8.76. The van der Waals surface area contributed by atoms with Gasteiger partial charge in [0, 0.05) is 14.1 Å². The number of hydrogen-bond donors (Lipinski definition) is 1. The van der Waals surface area contributed by atoms with Gasteiger partial charge in [-0.2, -0.15) is 4.31 Å². The smallest absolute Gasteiger partial charge is 0.280 e. The number of benzene rings is 1. The van der Waals surface area contributed by atoms with Gasteiger partial charge < -0.3 is 9.80 Å². The Morgan fingerprint density at radius 2 is 1.71 bits per heavy atom. The molecule has 24 heavy (non-hydrogen) atoms. The van der Waals surface area contributed by atoms with Crippen molar-refractivity contribution in [3.05, 3.63) is 28.2 Å². The third-order valence-electron chi connectivity index (χ3n) is 4.31. The number of hydrogen-bond acceptors (Lipinski definition) is 3. The number of halogens is 2. The van der Waals surface area contributed by atoms with E-state index >= 15 is 0 Å². The van der Waals surface area contributed by atoms with Crippen LogP contribution >= 0.6 is 23.2 Å². The van der Waals surface area contributed by atoms with Crippen LogP contribution in [0.2, 0.25) is 10.0 Å². The van der Waals surface area contributed by atoms with Gasteiger partial charge in [0.15, 0.2) is 6.04 Å². The Labute approximate surface area is 153 Å². The molecule has 1 aromatic rings. The van der Waals surface area contributed by atoms with Crippen molar-refractivity contribution in [2.24, 2.45) is 0 Å². The largest absolute Gasteiger partial charge is 0.344 e. The molecule has 2 rings (SSSR count). The lowest BCUT2D eigenvalue weighted by Gasteiger charge is -2.35. The number of carbonyl (C=O) groups excluding carboxylic acids is 1. The van der Waals surface area contributed by atoms with Crippen molar-refractivity contribution in [3.63, 3.8) is 0 Å². The first kappa shape index (κ1) is 19.5. The normalized spacial score (nSPS) is 18.4. The van der Waals surface area contributed by atoms with E-state index < -0.39 is 10.0 Å². The molecule has 0 radical (unpaired) electrons. The van der Waals surface area contributed by atoms with Gasteiger partial charge in [0.25, 0.3) is 5.91 Å². The van der Waals surface area contributed by atoms with Gasteiger partial charge >= 0.3 is 0 Å². The highest BCUT2D eigenvalue weighted by atomic mass is 35.5. The van der Waals surface area contributed by atoms with Crippen LogP contribution < -0.4 is 4.90 Å². The Morgan fingerprint density at radius 3 is 2.17 bits per heavy atom. The SMILES string of the molecule is C[C@H](C(=O)N(C)C)[NH+]1CCN(S(=O)(=O)c2c(Cl)cccc2Cl)CC1. The number of piperazine rings is 1. The molecule has 0 saturated carbocycles. The number of amides is 1. The number of carbonyl (C=O) groups is 1. The predicted molar refractivity (Wildman–Crippen MR) is 94.1 cm³/mol. The molecule has 1 saturated heterocycles. The molecular formula is C15H22Cl2N3O3S+. The quantitative estimate of drug-likeness (QED) is 0.801. The summed E-state index contributed by atoms with van der Waals surface area (Å²) in [7, 11) is -0.307. The van der Waals surface area contributed by atoms with Gasteiger partial charge in [-0.05, 0) is 19.1 Å². The van der Waals surface area contributed by atoms with Crippen molar-refractivity contribution in [1.29, 1.82) is 0 Å². The van der Waals surface area contributed by atoms with Crippen LogP contribution in [0.3, 0.4) is 0 Å². The molecule has 1 N–H and O–H groups in total. The topological polar surface area (TPSA) is 62.1 Å². The zero-order valence-electron chi connectivity index (χ0n) is 13.9. The minimum atomic E-state index is -3.75. The first-order valence-electron chi connectivity index (χ1n) is 7.66. The molecule has 1 heterocycles. The molecule has 0 unspecified atom stereocenters. The van der Waals surface area contributed by atoms with Crippen LogP contribution in [0.15, 0.2) is 23.1 Å². The van der Waals surface area contributed by atoms with Crippen molar-refractivity contribution < 1.29 is 18.1 Å². The minimum Gasteiger partial charge on any atom is -0.344 e. The van der Waals surface area contributed by atoms with E-state index in [0.717, 1.165) is 4.90 Å². The van der Waals surface area contributed by atoms with Gasteiger partial charge in [0.05, 0.1) is 36.2 Å². The summed E-state index contributed by atoms with van der Waals surface area (Å²) in [6.45, 7) is 3.63. The maximum absolute atomic E-state index is 12.8. The Hall–Kier alpha value is -0.860. The summed E-state index contributed by atoms with van der Waals surface area (Å²) < 4.78 is 27.0. The van der Waals surface area contributed by atoms with Crippen molar-refractivity contribution in [2.45, 2.75) is 17.9 Å². The summed E-state index contributed by atoms with van der Waals surface area (Å²) in [5.41, 5.74) is 0. The number of nitrogens with one attached hydrogen (secondary N) is 1. The van der Waals surface area contributed by atoms with Gasteiger partial charge in [-0.25, -0.2) is 8.42 Å². The fourth-order valence-corrected chi connectivity index (χ4v) is 5.40. The van der Waals surface area contributed by atoms with Gasteiger partial charge in [-0.1, -0.05) is 29.3 Å². The first-order chi connectivity index (χ1) is 11.2. The van der Waals surface area contributed by atoms with E-state index in [-0.39, 0.29) is 26.9 Å². The number of sulfonamides is 1. The van der Waals surface area contributed by atoms with Crippen LogP contribution in [0.4, 0.5) is 0 Å². The third kappa shape index (κ3) is 3.86. The predicted octanol–water partition coefficient (Wildman–Crippen LogP) is 0.359. The molecule has 0 aromatic heterocycles. The van der Waals surface area contributed by atoms with Crippen molar-refractivity contribution in [1.82, 2.24) is 9.21 Å². The second kappa shape index (κ2) is 7.58. The molecule has 1 amide bonds. The van der Waals surface area contributed by atoms with Gasteiger partial charge in [0.2, 0.25) is 10.0 Å². The van der Waals surface area contributed by atoms with Crippen LogP contribution in [0.1, 0.15) is 6.92 Å². The lowest BCUT2D eigenvalue weighted by Crippen LogP contribution is -3.19. The van der Waals surface area contributed by atoms with Crippen molar-refractivity contribution in [3.8, 4) is 0 Å². The molecule has 9 heteroatoms. The molecule has 1 atom stereocenters. The van der Waals surface area contributed by atoms with Crippen molar-refractivity contribution >= 4 is 39.1 Å². The summed E-state index contributed by atoms with van der Waals surface area (Å²) in [6.07, 6.45) is 0. The monoisotopic (exact) mass is 394 g/mol. The standard InChI is InChI=1S/C15H21Cl2N3O3S/c1-11(15(21)18(2)3)19-7-9-20(10-8-19)24(22,23)14-12(16)5-4-6-13(14)17/h4-6,11H,7-10H2,1-3H3/p+1/t11-/m1/s1. The first-order valence-corrected chi connectivity index (χ1v) is 9.85. The van der Waals surface area contributed by atoms with Crippen LogP contribution in [-0.4, -0.2) is 69.8 Å². The van der Waals surface area contributed by atoms with Gasteiger partial charge in [0.1, 0.15) is 4.90 Å². The second-order valence-electron chi connectivity index (χ2n) is 6.07. The molecule has 1 fully saturated rings. The third-order valence-corrected chi connectivity index (χ3v) is 7.16. The Kier molecular flexibility index (Phi) is 6.14. The number of rotatable bonds is 4. The maximum Gasteiger partial charge on any atom is 0.280 e. The number of nitrogens with zero attached hydrogens (tertiary/aromatic N) is 2. The van der Waals surface area contributed by atoms with Crippen LogP contribution in [0.5, 0.6) is 0 Å². The summed E-state index contributed by atoms with van der Waals surface area (Å²) in [6, 6.07) is 4.44. The Morgan fingerprint density at radius 1 is 1.21 bits per heavy atom. The lowest BCUT2D eigenvalue weighted by molar-refractivity contribution is -0.917. The molecule has 1 aromatic carbocycles. The zero-order valence-corrected chi connectivity index (χ0v) is 16.2. The molecule has 0 aliphatic carbocycles. The molecule has 134 valence electrons. The van der Waals surface area contributed by atoms with Gasteiger partial charge in [-0.3, -0.25) is 4.79 Å². The minimum absolute atomic E-state index is 0.0375. The van der Waals surface area contributed by atoms with Crippen LogP contribution in [0, 0.1) is 0 Å². The lowest BCUT2D eigenvalue weighted by atomic mass is 10.2. The van der Waals surface area contributed by atoms with Crippen LogP contribution in [0.25, 0.3) is 0 Å². The molecule has 1 aliphatic rings. The van der Waals surface area contributed by atoms with Crippen LogP contribution in [-0.2, 0) is 14.8 Å². The fraction of sp³-hybridized carbons (Fsp3) is 0.533. The molecule has 6 nitrogen and oxygen atoms in total. The van der Waals surface area contributed by atoms with E-state index in [4.69, 9.17) is 23.2 Å². The van der Waals surface area contributed by atoms with Gasteiger partial charge in [-0.15, -0.1) is 0 Å². The average Bonchev–Trinajstić information content (AvgIpc) is 2.53. The summed E-state index contributed by atoms with van der Waals surface area (Å²) in [4.78, 5) is 14.7. The molecule has 0 bridgehead atoms.